The van der Waals surface area contributed by atoms with Crippen LogP contribution in [0.4, 0.5) is 0 Å². The molecule has 1 aromatic heterocycles. The van der Waals surface area contributed by atoms with E-state index in [1.54, 1.807) is 0 Å². The van der Waals surface area contributed by atoms with E-state index in [2.05, 4.69) is 35.3 Å². The molecule has 3 nitrogen and oxygen atoms in total. The molecule has 0 aromatic carbocycles. The predicted molar refractivity (Wildman–Crippen MR) is 66.8 cm³/mol. The molecular formula is C13H23N3. The molecule has 0 saturated carbocycles. The van der Waals surface area contributed by atoms with E-state index in [1.165, 1.54) is 37.2 Å². The molecule has 1 saturated heterocycles. The fourth-order valence-corrected chi connectivity index (χ4v) is 2.57. The minimum absolute atomic E-state index is 0.607. The molecule has 1 fully saturated rings. The first-order valence-electron chi connectivity index (χ1n) is 6.60. The molecular weight excluding hydrogens is 198 g/mol. The van der Waals surface area contributed by atoms with Crippen molar-refractivity contribution in [3.8, 4) is 0 Å². The Kier molecular flexibility index (Phi) is 3.99. The van der Waals surface area contributed by atoms with Gasteiger partial charge in [0.2, 0.25) is 0 Å². The molecule has 2 N–H and O–H groups in total. The van der Waals surface area contributed by atoms with Crippen molar-refractivity contribution in [3.05, 3.63) is 17.7 Å². The molecule has 90 valence electrons. The molecule has 0 atom stereocenters. The van der Waals surface area contributed by atoms with E-state index >= 15 is 0 Å². The van der Waals surface area contributed by atoms with Gasteiger partial charge in [-0.25, -0.2) is 4.98 Å². The zero-order valence-corrected chi connectivity index (χ0v) is 10.4. The van der Waals surface area contributed by atoms with Gasteiger partial charge in [0.15, 0.2) is 0 Å². The third-order valence-corrected chi connectivity index (χ3v) is 3.77. The molecule has 2 rings (SSSR count). The van der Waals surface area contributed by atoms with Crippen molar-refractivity contribution in [3.63, 3.8) is 0 Å². The lowest BCUT2D eigenvalue weighted by atomic mass is 9.95. The molecule has 1 aliphatic rings. The van der Waals surface area contributed by atoms with Crippen LogP contribution >= 0.6 is 0 Å². The van der Waals surface area contributed by atoms with Crippen LogP contribution in [0.25, 0.3) is 0 Å². The van der Waals surface area contributed by atoms with Crippen LogP contribution in [-0.4, -0.2) is 23.1 Å². The van der Waals surface area contributed by atoms with E-state index in [-0.39, 0.29) is 0 Å². The summed E-state index contributed by atoms with van der Waals surface area (Å²) in [5, 5.41) is 3.40. The fourth-order valence-electron chi connectivity index (χ4n) is 2.57. The third-order valence-electron chi connectivity index (χ3n) is 3.77. The number of rotatable bonds is 4. The van der Waals surface area contributed by atoms with E-state index in [9.17, 15) is 0 Å². The first-order chi connectivity index (χ1) is 7.85. The lowest BCUT2D eigenvalue weighted by molar-refractivity contribution is 0.453. The average molecular weight is 221 g/mol. The standard InChI is InChI=1S/C13H23N3/c1-3-10(4-2)13-15-9-12(16-13)11-5-7-14-8-6-11/h9-11,14H,3-8H2,1-2H3,(H,15,16). The van der Waals surface area contributed by atoms with E-state index in [0.717, 1.165) is 13.1 Å². The molecule has 0 unspecified atom stereocenters. The molecule has 0 spiro atoms. The number of H-pyrrole nitrogens is 1. The number of aromatic amines is 1. The van der Waals surface area contributed by atoms with Gasteiger partial charge in [-0.05, 0) is 38.8 Å². The van der Waals surface area contributed by atoms with Crippen molar-refractivity contribution in [1.82, 2.24) is 15.3 Å². The highest BCUT2D eigenvalue weighted by Gasteiger charge is 2.18. The second-order valence-electron chi connectivity index (χ2n) is 4.76. The first-order valence-corrected chi connectivity index (χ1v) is 6.60. The van der Waals surface area contributed by atoms with Crippen LogP contribution in [0.2, 0.25) is 0 Å². The Labute approximate surface area is 98.1 Å². The summed E-state index contributed by atoms with van der Waals surface area (Å²) in [7, 11) is 0. The van der Waals surface area contributed by atoms with E-state index in [4.69, 9.17) is 0 Å². The van der Waals surface area contributed by atoms with Crippen molar-refractivity contribution in [2.75, 3.05) is 13.1 Å². The van der Waals surface area contributed by atoms with Gasteiger partial charge in [0, 0.05) is 23.7 Å². The van der Waals surface area contributed by atoms with Gasteiger partial charge in [-0.1, -0.05) is 13.8 Å². The predicted octanol–water partition coefficient (Wildman–Crippen LogP) is 2.78. The zero-order chi connectivity index (χ0) is 11.4. The van der Waals surface area contributed by atoms with Gasteiger partial charge in [-0.2, -0.15) is 0 Å². The minimum atomic E-state index is 0.607. The Hall–Kier alpha value is -0.830. The molecule has 1 aromatic rings. The summed E-state index contributed by atoms with van der Waals surface area (Å²) in [6.45, 7) is 6.76. The summed E-state index contributed by atoms with van der Waals surface area (Å²) in [5.41, 5.74) is 1.35. The SMILES string of the molecule is CCC(CC)c1ncc(C2CCNCC2)[nH]1. The van der Waals surface area contributed by atoms with Gasteiger partial charge in [0.05, 0.1) is 0 Å². The summed E-state index contributed by atoms with van der Waals surface area (Å²) in [5.74, 6) is 2.49. The number of hydrogen-bond donors (Lipinski definition) is 2. The lowest BCUT2D eigenvalue weighted by Gasteiger charge is -2.21. The van der Waals surface area contributed by atoms with Crippen LogP contribution in [0, 0.1) is 0 Å². The van der Waals surface area contributed by atoms with E-state index < -0.39 is 0 Å². The second kappa shape index (κ2) is 5.48. The Bertz CT molecular complexity index is 309. The van der Waals surface area contributed by atoms with Crippen LogP contribution in [0.5, 0.6) is 0 Å². The minimum Gasteiger partial charge on any atom is -0.345 e. The highest BCUT2D eigenvalue weighted by atomic mass is 14.9. The smallest absolute Gasteiger partial charge is 0.109 e. The van der Waals surface area contributed by atoms with Gasteiger partial charge in [0.1, 0.15) is 5.82 Å². The number of hydrogen-bond acceptors (Lipinski definition) is 2. The number of nitrogens with zero attached hydrogens (tertiary/aromatic N) is 1. The summed E-state index contributed by atoms with van der Waals surface area (Å²) in [6, 6.07) is 0. The van der Waals surface area contributed by atoms with E-state index in [1.807, 2.05) is 0 Å². The summed E-state index contributed by atoms with van der Waals surface area (Å²) < 4.78 is 0. The molecule has 1 aliphatic heterocycles. The van der Waals surface area contributed by atoms with Gasteiger partial charge in [-0.15, -0.1) is 0 Å². The molecule has 0 aliphatic carbocycles. The largest absolute Gasteiger partial charge is 0.345 e. The fraction of sp³-hybridized carbons (Fsp3) is 0.769. The maximum Gasteiger partial charge on any atom is 0.109 e. The van der Waals surface area contributed by atoms with Crippen LogP contribution in [0.1, 0.15) is 62.9 Å². The number of nitrogens with one attached hydrogen (secondary N) is 2. The molecule has 3 heteroatoms. The average Bonchev–Trinajstić information content (AvgIpc) is 2.81. The van der Waals surface area contributed by atoms with Crippen LogP contribution in [0.15, 0.2) is 6.20 Å². The zero-order valence-electron chi connectivity index (χ0n) is 10.4. The maximum absolute atomic E-state index is 4.56. The quantitative estimate of drug-likeness (QED) is 0.821. The van der Waals surface area contributed by atoms with Crippen LogP contribution < -0.4 is 5.32 Å². The third kappa shape index (κ3) is 2.46. The topological polar surface area (TPSA) is 40.7 Å². The molecule has 0 bridgehead atoms. The second-order valence-corrected chi connectivity index (χ2v) is 4.76. The molecule has 0 amide bonds. The van der Waals surface area contributed by atoms with Crippen LogP contribution in [0.3, 0.4) is 0 Å². The van der Waals surface area contributed by atoms with Crippen molar-refractivity contribution in [2.45, 2.75) is 51.4 Å². The maximum atomic E-state index is 4.56. The number of piperidine rings is 1. The summed E-state index contributed by atoms with van der Waals surface area (Å²) in [4.78, 5) is 8.10. The van der Waals surface area contributed by atoms with Gasteiger partial charge in [0.25, 0.3) is 0 Å². The highest BCUT2D eigenvalue weighted by Crippen LogP contribution is 2.26. The molecule has 2 heterocycles. The monoisotopic (exact) mass is 221 g/mol. The Morgan fingerprint density at radius 1 is 1.31 bits per heavy atom. The van der Waals surface area contributed by atoms with E-state index in [0.29, 0.717) is 11.8 Å². The lowest BCUT2D eigenvalue weighted by Crippen LogP contribution is -2.26. The Balaban J connectivity index is 2.05. The highest BCUT2D eigenvalue weighted by molar-refractivity contribution is 5.11. The normalized spacial score (nSPS) is 18.2. The first kappa shape index (κ1) is 11.6. The van der Waals surface area contributed by atoms with Crippen molar-refractivity contribution in [1.29, 1.82) is 0 Å². The molecule has 0 radical (unpaired) electrons. The van der Waals surface area contributed by atoms with Crippen LogP contribution in [-0.2, 0) is 0 Å². The van der Waals surface area contributed by atoms with Crippen molar-refractivity contribution < 1.29 is 0 Å². The summed E-state index contributed by atoms with van der Waals surface area (Å²) >= 11 is 0. The van der Waals surface area contributed by atoms with Gasteiger partial charge < -0.3 is 10.3 Å². The van der Waals surface area contributed by atoms with Gasteiger partial charge in [-0.3, -0.25) is 0 Å². The number of imidazole rings is 1. The molecule has 16 heavy (non-hydrogen) atoms. The van der Waals surface area contributed by atoms with Crippen molar-refractivity contribution in [2.24, 2.45) is 0 Å². The number of aromatic nitrogens is 2. The van der Waals surface area contributed by atoms with Gasteiger partial charge >= 0.3 is 0 Å². The summed E-state index contributed by atoms with van der Waals surface area (Å²) in [6.07, 6.45) is 6.89. The Morgan fingerprint density at radius 3 is 2.62 bits per heavy atom. The Morgan fingerprint density at radius 2 is 2.00 bits per heavy atom. The van der Waals surface area contributed by atoms with Crippen molar-refractivity contribution >= 4 is 0 Å².